The molecule has 0 unspecified atom stereocenters. The zero-order valence-corrected chi connectivity index (χ0v) is 9.27. The minimum Gasteiger partial charge on any atom is -0.378 e. The van der Waals surface area contributed by atoms with Crippen LogP contribution in [0.4, 0.5) is 5.69 Å². The van der Waals surface area contributed by atoms with Crippen molar-refractivity contribution in [2.24, 2.45) is 7.05 Å². The summed E-state index contributed by atoms with van der Waals surface area (Å²) in [7, 11) is 1.89. The number of nitrogens with one attached hydrogen (secondary N) is 1. The van der Waals surface area contributed by atoms with Crippen LogP contribution in [0.25, 0.3) is 0 Å². The summed E-state index contributed by atoms with van der Waals surface area (Å²) < 4.78 is 1.76. The van der Waals surface area contributed by atoms with Gasteiger partial charge in [0.15, 0.2) is 0 Å². The van der Waals surface area contributed by atoms with Gasteiger partial charge in [-0.3, -0.25) is 4.68 Å². The van der Waals surface area contributed by atoms with E-state index in [9.17, 15) is 0 Å². The molecule has 1 N–H and O–H groups in total. The van der Waals surface area contributed by atoms with Crippen LogP contribution in [-0.2, 0) is 13.6 Å². The molecule has 0 bridgehead atoms. The van der Waals surface area contributed by atoms with Crippen molar-refractivity contribution < 1.29 is 0 Å². The van der Waals surface area contributed by atoms with E-state index in [1.807, 2.05) is 24.0 Å². The minimum atomic E-state index is 0.744. The Hall–Kier alpha value is -1.00. The summed E-state index contributed by atoms with van der Waals surface area (Å²) in [5.74, 6) is 0. The van der Waals surface area contributed by atoms with Crippen molar-refractivity contribution in [1.29, 1.82) is 0 Å². The Labute approximate surface area is 91.3 Å². The molecule has 0 spiro atoms. The predicted molar refractivity (Wildman–Crippen MR) is 59.9 cm³/mol. The molecule has 14 heavy (non-hydrogen) atoms. The Morgan fingerprint density at radius 3 is 3.00 bits per heavy atom. The van der Waals surface area contributed by atoms with Gasteiger partial charge in [-0.25, -0.2) is 0 Å². The summed E-state index contributed by atoms with van der Waals surface area (Å²) in [4.78, 5) is 0. The van der Waals surface area contributed by atoms with E-state index in [2.05, 4.69) is 10.4 Å². The quantitative estimate of drug-likeness (QED) is 0.874. The molecule has 5 heteroatoms. The van der Waals surface area contributed by atoms with Crippen LogP contribution in [0, 0.1) is 0 Å². The fraction of sp³-hybridized carbons (Fsp3) is 0.222. The second-order valence-electron chi connectivity index (χ2n) is 3.00. The number of halogens is 1. The molecule has 2 heterocycles. The topological polar surface area (TPSA) is 29.9 Å². The van der Waals surface area contributed by atoms with Crippen molar-refractivity contribution in [3.05, 3.63) is 33.7 Å². The van der Waals surface area contributed by atoms with Gasteiger partial charge in [-0.05, 0) is 5.38 Å². The van der Waals surface area contributed by atoms with Crippen LogP contribution >= 0.6 is 22.9 Å². The molecule has 0 atom stereocenters. The maximum atomic E-state index is 5.96. The van der Waals surface area contributed by atoms with Gasteiger partial charge < -0.3 is 5.32 Å². The lowest BCUT2D eigenvalue weighted by molar-refractivity contribution is 0.768. The van der Waals surface area contributed by atoms with Crippen LogP contribution in [-0.4, -0.2) is 9.78 Å². The summed E-state index contributed by atoms with van der Waals surface area (Å²) in [5, 5.41) is 12.1. The number of hydrogen-bond acceptors (Lipinski definition) is 3. The SMILES string of the molecule is Cn1cc(NCc2cscc2Cl)cn1. The van der Waals surface area contributed by atoms with Crippen molar-refractivity contribution in [3.8, 4) is 0 Å². The van der Waals surface area contributed by atoms with Gasteiger partial charge in [-0.1, -0.05) is 11.6 Å². The van der Waals surface area contributed by atoms with E-state index in [1.54, 1.807) is 22.2 Å². The predicted octanol–water partition coefficient (Wildman–Crippen LogP) is 2.75. The number of rotatable bonds is 3. The fourth-order valence-electron chi connectivity index (χ4n) is 1.14. The molecule has 0 aliphatic heterocycles. The Bertz CT molecular complexity index is 421. The van der Waals surface area contributed by atoms with Crippen LogP contribution in [0.5, 0.6) is 0 Å². The molecule has 2 aromatic heterocycles. The standard InChI is InChI=1S/C9H10ClN3S/c1-13-4-8(3-12-13)11-2-7-5-14-6-9(7)10/h3-6,11H,2H2,1H3. The third kappa shape index (κ3) is 2.08. The molecule has 0 aliphatic carbocycles. The first-order valence-electron chi connectivity index (χ1n) is 4.19. The first kappa shape index (κ1) is 9.55. The van der Waals surface area contributed by atoms with Gasteiger partial charge in [0.1, 0.15) is 0 Å². The molecule has 0 aliphatic rings. The van der Waals surface area contributed by atoms with E-state index in [0.29, 0.717) is 0 Å². The van der Waals surface area contributed by atoms with E-state index in [4.69, 9.17) is 11.6 Å². The van der Waals surface area contributed by atoms with Crippen molar-refractivity contribution in [1.82, 2.24) is 9.78 Å². The van der Waals surface area contributed by atoms with Crippen LogP contribution in [0.3, 0.4) is 0 Å². The molecule has 0 fully saturated rings. The maximum absolute atomic E-state index is 5.96. The van der Waals surface area contributed by atoms with Gasteiger partial charge in [-0.15, -0.1) is 0 Å². The third-order valence-corrected chi connectivity index (χ3v) is 3.15. The highest BCUT2D eigenvalue weighted by atomic mass is 35.5. The molecule has 3 nitrogen and oxygen atoms in total. The average Bonchev–Trinajstić information content (AvgIpc) is 2.72. The number of anilines is 1. The van der Waals surface area contributed by atoms with Crippen molar-refractivity contribution in [2.45, 2.75) is 6.54 Å². The highest BCUT2D eigenvalue weighted by Gasteiger charge is 2.01. The van der Waals surface area contributed by atoms with Gasteiger partial charge in [0.25, 0.3) is 0 Å². The first-order chi connectivity index (χ1) is 6.75. The molecule has 74 valence electrons. The molecule has 0 saturated heterocycles. The lowest BCUT2D eigenvalue weighted by Gasteiger charge is -2.01. The Kier molecular flexibility index (Phi) is 2.74. The molecule has 2 aromatic rings. The van der Waals surface area contributed by atoms with Crippen LogP contribution < -0.4 is 5.32 Å². The lowest BCUT2D eigenvalue weighted by Crippen LogP contribution is -1.97. The van der Waals surface area contributed by atoms with Crippen LogP contribution in [0.1, 0.15) is 5.56 Å². The summed E-state index contributed by atoms with van der Waals surface area (Å²) in [6, 6.07) is 0. The summed E-state index contributed by atoms with van der Waals surface area (Å²) in [6.07, 6.45) is 3.72. The Balaban J connectivity index is 1.98. The van der Waals surface area contributed by atoms with E-state index in [1.165, 1.54) is 0 Å². The van der Waals surface area contributed by atoms with Gasteiger partial charge in [0.2, 0.25) is 0 Å². The van der Waals surface area contributed by atoms with Crippen LogP contribution in [0.15, 0.2) is 23.2 Å². The third-order valence-electron chi connectivity index (χ3n) is 1.88. The van der Waals surface area contributed by atoms with E-state index in [-0.39, 0.29) is 0 Å². The summed E-state index contributed by atoms with van der Waals surface area (Å²) in [6.45, 7) is 0.744. The second-order valence-corrected chi connectivity index (χ2v) is 4.15. The normalized spacial score (nSPS) is 10.4. The molecular formula is C9H10ClN3S. The number of nitrogens with zero attached hydrogens (tertiary/aromatic N) is 2. The van der Waals surface area contributed by atoms with Gasteiger partial charge >= 0.3 is 0 Å². The highest BCUT2D eigenvalue weighted by Crippen LogP contribution is 2.21. The van der Waals surface area contributed by atoms with Crippen molar-refractivity contribution in [3.63, 3.8) is 0 Å². The average molecular weight is 228 g/mol. The number of aryl methyl sites for hydroxylation is 1. The van der Waals surface area contributed by atoms with Crippen LogP contribution in [0.2, 0.25) is 5.02 Å². The largest absolute Gasteiger partial charge is 0.378 e. The minimum absolute atomic E-state index is 0.744. The fourth-order valence-corrected chi connectivity index (χ4v) is 2.20. The highest BCUT2D eigenvalue weighted by molar-refractivity contribution is 7.08. The number of aromatic nitrogens is 2. The zero-order valence-electron chi connectivity index (χ0n) is 7.70. The smallest absolute Gasteiger partial charge is 0.0729 e. The molecule has 0 aromatic carbocycles. The Morgan fingerprint density at radius 1 is 1.57 bits per heavy atom. The van der Waals surface area contributed by atoms with E-state index >= 15 is 0 Å². The molecular weight excluding hydrogens is 218 g/mol. The summed E-state index contributed by atoms with van der Waals surface area (Å²) >= 11 is 7.57. The van der Waals surface area contributed by atoms with Gasteiger partial charge in [-0.2, -0.15) is 16.4 Å². The van der Waals surface area contributed by atoms with E-state index in [0.717, 1.165) is 22.8 Å². The van der Waals surface area contributed by atoms with Gasteiger partial charge in [0, 0.05) is 30.7 Å². The number of hydrogen-bond donors (Lipinski definition) is 1. The molecule has 0 saturated carbocycles. The van der Waals surface area contributed by atoms with Gasteiger partial charge in [0.05, 0.1) is 16.9 Å². The monoisotopic (exact) mass is 227 g/mol. The molecule has 0 amide bonds. The Morgan fingerprint density at radius 2 is 2.43 bits per heavy atom. The van der Waals surface area contributed by atoms with Crippen molar-refractivity contribution in [2.75, 3.05) is 5.32 Å². The van der Waals surface area contributed by atoms with Crippen molar-refractivity contribution >= 4 is 28.6 Å². The first-order valence-corrected chi connectivity index (χ1v) is 5.51. The zero-order chi connectivity index (χ0) is 9.97. The maximum Gasteiger partial charge on any atom is 0.0729 e. The molecule has 0 radical (unpaired) electrons. The lowest BCUT2D eigenvalue weighted by atomic mass is 10.3. The summed E-state index contributed by atoms with van der Waals surface area (Å²) in [5.41, 5.74) is 2.13. The van der Waals surface area contributed by atoms with E-state index < -0.39 is 0 Å². The second kappa shape index (κ2) is 4.02. The molecule has 2 rings (SSSR count). The number of thiophene rings is 1.